The lowest BCUT2D eigenvalue weighted by Crippen LogP contribution is -2.25. The second-order valence-electron chi connectivity index (χ2n) is 5.26. The van der Waals surface area contributed by atoms with Crippen molar-refractivity contribution in [2.75, 3.05) is 7.11 Å². The smallest absolute Gasteiger partial charge is 0.243 e. The fourth-order valence-corrected chi connectivity index (χ4v) is 2.65. The number of carbonyl (C=O) groups is 1. The van der Waals surface area contributed by atoms with Crippen LogP contribution in [0.1, 0.15) is 37.1 Å². The van der Waals surface area contributed by atoms with E-state index in [0.717, 1.165) is 0 Å². The lowest BCUT2D eigenvalue weighted by molar-refractivity contribution is -0.133. The van der Waals surface area contributed by atoms with Gasteiger partial charge < -0.3 is 14.3 Å². The molecule has 0 saturated carbocycles. The first-order valence-electron chi connectivity index (χ1n) is 7.44. The van der Waals surface area contributed by atoms with Crippen molar-refractivity contribution in [3.05, 3.63) is 47.9 Å². The number of hydrogen-bond acceptors (Lipinski definition) is 5. The van der Waals surface area contributed by atoms with Gasteiger partial charge in [-0.05, 0) is 24.3 Å². The molecule has 0 spiro atoms. The summed E-state index contributed by atoms with van der Waals surface area (Å²) in [7, 11) is 1.54. The molecule has 1 aromatic carbocycles. The summed E-state index contributed by atoms with van der Waals surface area (Å²) < 4.78 is 10.5. The van der Waals surface area contributed by atoms with Crippen LogP contribution in [0.2, 0.25) is 0 Å². The summed E-state index contributed by atoms with van der Waals surface area (Å²) in [5.41, 5.74) is 1.24. The van der Waals surface area contributed by atoms with Gasteiger partial charge in [0.05, 0.1) is 19.1 Å². The Hall–Kier alpha value is -2.76. The number of nitrogens with zero attached hydrogens (tertiary/aromatic N) is 2. The van der Waals surface area contributed by atoms with Crippen molar-refractivity contribution in [2.45, 2.75) is 25.8 Å². The van der Waals surface area contributed by atoms with Crippen LogP contribution in [0.15, 0.2) is 46.1 Å². The molecule has 0 aliphatic carbocycles. The minimum atomic E-state index is -0.283. The van der Waals surface area contributed by atoms with Crippen molar-refractivity contribution < 1.29 is 19.1 Å². The molecule has 2 heterocycles. The first kappa shape index (κ1) is 15.1. The number of phenolic OH excluding ortho intramolecular Hbond substituents is 1. The SMILES string of the molecule is CCC(=O)N1N=C(c2ccc(OC)cc2O)C[C@@H]1c1ccco1. The van der Waals surface area contributed by atoms with Crippen LogP contribution in [0, 0.1) is 0 Å². The summed E-state index contributed by atoms with van der Waals surface area (Å²) in [5.74, 6) is 1.23. The van der Waals surface area contributed by atoms with Crippen LogP contribution in [0.25, 0.3) is 0 Å². The van der Waals surface area contributed by atoms with Gasteiger partial charge in [-0.3, -0.25) is 4.79 Å². The van der Waals surface area contributed by atoms with Gasteiger partial charge in [0.1, 0.15) is 23.3 Å². The van der Waals surface area contributed by atoms with Gasteiger partial charge >= 0.3 is 0 Å². The molecule has 1 aliphatic heterocycles. The molecule has 1 N–H and O–H groups in total. The lowest BCUT2D eigenvalue weighted by Gasteiger charge is -2.18. The number of phenols is 1. The van der Waals surface area contributed by atoms with Crippen LogP contribution in [0.3, 0.4) is 0 Å². The van der Waals surface area contributed by atoms with Crippen molar-refractivity contribution in [2.24, 2.45) is 5.10 Å². The zero-order valence-electron chi connectivity index (χ0n) is 13.0. The van der Waals surface area contributed by atoms with Gasteiger partial charge in [0.15, 0.2) is 0 Å². The number of ether oxygens (including phenoxy) is 1. The maximum atomic E-state index is 12.2. The molecule has 3 rings (SSSR count). The molecule has 120 valence electrons. The average Bonchev–Trinajstić information content (AvgIpc) is 3.23. The van der Waals surface area contributed by atoms with E-state index in [1.807, 2.05) is 6.07 Å². The predicted octanol–water partition coefficient (Wildman–Crippen LogP) is 3.08. The summed E-state index contributed by atoms with van der Waals surface area (Å²) >= 11 is 0. The van der Waals surface area contributed by atoms with E-state index in [0.29, 0.717) is 35.6 Å². The molecule has 1 aromatic heterocycles. The number of carbonyl (C=O) groups excluding carboxylic acids is 1. The Balaban J connectivity index is 1.96. The van der Waals surface area contributed by atoms with Crippen molar-refractivity contribution in [1.29, 1.82) is 0 Å². The van der Waals surface area contributed by atoms with Crippen LogP contribution in [-0.2, 0) is 4.79 Å². The Kier molecular flexibility index (Phi) is 4.06. The summed E-state index contributed by atoms with van der Waals surface area (Å²) in [5, 5.41) is 16.1. The van der Waals surface area contributed by atoms with E-state index in [9.17, 15) is 9.90 Å². The van der Waals surface area contributed by atoms with Crippen molar-refractivity contribution >= 4 is 11.6 Å². The molecule has 0 unspecified atom stereocenters. The Morgan fingerprint density at radius 3 is 2.91 bits per heavy atom. The summed E-state index contributed by atoms with van der Waals surface area (Å²) in [4.78, 5) is 12.2. The maximum Gasteiger partial charge on any atom is 0.243 e. The van der Waals surface area contributed by atoms with Gasteiger partial charge in [-0.25, -0.2) is 5.01 Å². The van der Waals surface area contributed by atoms with Crippen LogP contribution in [-0.4, -0.2) is 28.8 Å². The number of methoxy groups -OCH3 is 1. The van der Waals surface area contributed by atoms with Crippen molar-refractivity contribution in [3.8, 4) is 11.5 Å². The van der Waals surface area contributed by atoms with E-state index in [2.05, 4.69) is 5.10 Å². The molecule has 1 aliphatic rings. The number of benzene rings is 1. The topological polar surface area (TPSA) is 75.3 Å². The minimum Gasteiger partial charge on any atom is -0.507 e. The second-order valence-corrected chi connectivity index (χ2v) is 5.26. The monoisotopic (exact) mass is 314 g/mol. The number of amides is 1. The van der Waals surface area contributed by atoms with E-state index in [1.54, 1.807) is 31.4 Å². The highest BCUT2D eigenvalue weighted by Gasteiger charge is 2.34. The highest BCUT2D eigenvalue weighted by atomic mass is 16.5. The van der Waals surface area contributed by atoms with Gasteiger partial charge in [-0.15, -0.1) is 0 Å². The van der Waals surface area contributed by atoms with Gasteiger partial charge in [0, 0.05) is 24.5 Å². The Labute approximate surface area is 134 Å². The fraction of sp³-hybridized carbons (Fsp3) is 0.294. The molecule has 0 fully saturated rings. The minimum absolute atomic E-state index is 0.0760. The molecule has 1 amide bonds. The molecule has 6 nitrogen and oxygen atoms in total. The first-order chi connectivity index (χ1) is 11.1. The third-order valence-corrected chi connectivity index (χ3v) is 3.86. The summed E-state index contributed by atoms with van der Waals surface area (Å²) in [6.07, 6.45) is 2.41. The van der Waals surface area contributed by atoms with Crippen LogP contribution in [0.4, 0.5) is 0 Å². The summed E-state index contributed by atoms with van der Waals surface area (Å²) in [6, 6.07) is 8.36. The van der Waals surface area contributed by atoms with Gasteiger partial charge in [-0.2, -0.15) is 5.10 Å². The molecular weight excluding hydrogens is 296 g/mol. The Morgan fingerprint density at radius 2 is 2.30 bits per heavy atom. The van der Waals surface area contributed by atoms with E-state index in [4.69, 9.17) is 9.15 Å². The fourth-order valence-electron chi connectivity index (χ4n) is 2.65. The van der Waals surface area contributed by atoms with Crippen molar-refractivity contribution in [1.82, 2.24) is 5.01 Å². The zero-order chi connectivity index (χ0) is 16.4. The van der Waals surface area contributed by atoms with Crippen LogP contribution < -0.4 is 4.74 Å². The Morgan fingerprint density at radius 1 is 1.48 bits per heavy atom. The molecule has 6 heteroatoms. The van der Waals surface area contributed by atoms with E-state index < -0.39 is 0 Å². The summed E-state index contributed by atoms with van der Waals surface area (Å²) in [6.45, 7) is 1.79. The third-order valence-electron chi connectivity index (χ3n) is 3.86. The van der Waals surface area contributed by atoms with Gasteiger partial charge in [0.2, 0.25) is 5.91 Å². The highest BCUT2D eigenvalue weighted by molar-refractivity contribution is 6.05. The Bertz CT molecular complexity index is 737. The van der Waals surface area contributed by atoms with Crippen LogP contribution in [0.5, 0.6) is 11.5 Å². The zero-order valence-corrected chi connectivity index (χ0v) is 13.0. The number of hydrazone groups is 1. The lowest BCUT2D eigenvalue weighted by atomic mass is 10.0. The average molecular weight is 314 g/mol. The van der Waals surface area contributed by atoms with E-state index in [1.165, 1.54) is 18.2 Å². The molecular formula is C17H18N2O4. The van der Waals surface area contributed by atoms with Crippen molar-refractivity contribution in [3.63, 3.8) is 0 Å². The third kappa shape index (κ3) is 2.79. The highest BCUT2D eigenvalue weighted by Crippen LogP contribution is 2.36. The molecule has 0 radical (unpaired) electrons. The maximum absolute atomic E-state index is 12.2. The predicted molar refractivity (Wildman–Crippen MR) is 84.4 cm³/mol. The van der Waals surface area contributed by atoms with Crippen LogP contribution >= 0.6 is 0 Å². The quantitative estimate of drug-likeness (QED) is 0.941. The number of rotatable bonds is 4. The number of hydrogen-bond donors (Lipinski definition) is 1. The largest absolute Gasteiger partial charge is 0.507 e. The molecule has 2 aromatic rings. The van der Waals surface area contributed by atoms with Gasteiger partial charge in [-0.1, -0.05) is 6.92 Å². The number of furan rings is 1. The molecule has 0 saturated heterocycles. The normalized spacial score (nSPS) is 17.2. The number of aromatic hydroxyl groups is 1. The molecule has 0 bridgehead atoms. The molecule has 1 atom stereocenters. The van der Waals surface area contributed by atoms with E-state index in [-0.39, 0.29) is 17.7 Å². The second kappa shape index (κ2) is 6.16. The molecule has 23 heavy (non-hydrogen) atoms. The first-order valence-corrected chi connectivity index (χ1v) is 7.44. The standard InChI is InChI=1S/C17H18N2O4/c1-3-17(21)19-14(16-5-4-8-23-16)10-13(18-19)12-7-6-11(22-2)9-15(12)20/h4-9,14,20H,3,10H2,1-2H3/t14-/m1/s1. The van der Waals surface area contributed by atoms with E-state index >= 15 is 0 Å². The van der Waals surface area contributed by atoms with Gasteiger partial charge in [0.25, 0.3) is 0 Å².